The molecule has 1 aromatic carbocycles. The van der Waals surface area contributed by atoms with E-state index in [9.17, 15) is 9.59 Å². The lowest BCUT2D eigenvalue weighted by molar-refractivity contribution is -0.141. The molecular weight excluding hydrogens is 309 g/mol. The molecule has 0 aromatic heterocycles. The minimum absolute atomic E-state index is 0.205. The standard InChI is InChI=1S/C12H11Cl2NO3S/c1-6-15(10(5-19-6)12(17)18)11(16)8-4-7(13)2-3-9(8)14/h2-4,6,10H,5H2,1H3,(H,17,18). The quantitative estimate of drug-likeness (QED) is 0.910. The Labute approximate surface area is 124 Å². The summed E-state index contributed by atoms with van der Waals surface area (Å²) in [4.78, 5) is 25.0. The Morgan fingerprint density at radius 2 is 2.11 bits per heavy atom. The summed E-state index contributed by atoms with van der Waals surface area (Å²) >= 11 is 13.3. The van der Waals surface area contributed by atoms with Gasteiger partial charge in [0.25, 0.3) is 5.91 Å². The third-order valence-corrected chi connectivity index (χ3v) is 4.68. The molecule has 2 atom stereocenters. The van der Waals surface area contributed by atoms with Gasteiger partial charge in [0.1, 0.15) is 6.04 Å². The minimum Gasteiger partial charge on any atom is -0.480 e. The second-order valence-corrected chi connectivity index (χ2v) is 6.32. The zero-order chi connectivity index (χ0) is 14.2. The Morgan fingerprint density at radius 3 is 2.74 bits per heavy atom. The second kappa shape index (κ2) is 5.61. The molecule has 1 saturated heterocycles. The highest BCUT2D eigenvalue weighted by atomic mass is 35.5. The van der Waals surface area contributed by atoms with Gasteiger partial charge >= 0.3 is 5.97 Å². The number of carbonyl (C=O) groups is 2. The maximum atomic E-state index is 12.5. The van der Waals surface area contributed by atoms with Crippen molar-refractivity contribution in [3.63, 3.8) is 0 Å². The number of carbonyl (C=O) groups excluding carboxylic acids is 1. The summed E-state index contributed by atoms with van der Waals surface area (Å²) in [6.45, 7) is 1.80. The molecule has 0 bridgehead atoms. The normalized spacial score (nSPS) is 22.6. The van der Waals surface area contributed by atoms with Gasteiger partial charge in [-0.15, -0.1) is 11.8 Å². The van der Waals surface area contributed by atoms with Crippen molar-refractivity contribution in [1.82, 2.24) is 4.90 Å². The molecule has 19 heavy (non-hydrogen) atoms. The Bertz CT molecular complexity index is 538. The van der Waals surface area contributed by atoms with Crippen LogP contribution in [-0.4, -0.2) is 39.1 Å². The number of hydrogen-bond acceptors (Lipinski definition) is 3. The van der Waals surface area contributed by atoms with Gasteiger partial charge in [-0.1, -0.05) is 23.2 Å². The van der Waals surface area contributed by atoms with Crippen molar-refractivity contribution < 1.29 is 14.7 Å². The zero-order valence-electron chi connectivity index (χ0n) is 9.97. The van der Waals surface area contributed by atoms with Crippen molar-refractivity contribution in [1.29, 1.82) is 0 Å². The highest BCUT2D eigenvalue weighted by molar-refractivity contribution is 8.00. The van der Waals surface area contributed by atoms with Crippen molar-refractivity contribution in [2.75, 3.05) is 5.75 Å². The summed E-state index contributed by atoms with van der Waals surface area (Å²) in [6, 6.07) is 3.74. The number of thioether (sulfide) groups is 1. The molecule has 0 saturated carbocycles. The van der Waals surface area contributed by atoms with Gasteiger partial charge < -0.3 is 10.0 Å². The second-order valence-electron chi connectivity index (χ2n) is 4.12. The molecule has 4 nitrogen and oxygen atoms in total. The summed E-state index contributed by atoms with van der Waals surface area (Å²) in [5.74, 6) is -1.04. The SMILES string of the molecule is CC1SCC(C(=O)O)N1C(=O)c1cc(Cl)ccc1Cl. The maximum absolute atomic E-state index is 12.5. The van der Waals surface area contributed by atoms with Crippen molar-refractivity contribution in [3.05, 3.63) is 33.8 Å². The van der Waals surface area contributed by atoms with Crippen LogP contribution in [-0.2, 0) is 4.79 Å². The summed E-state index contributed by atoms with van der Waals surface area (Å²) in [5, 5.41) is 9.60. The van der Waals surface area contributed by atoms with Crippen molar-refractivity contribution in [2.24, 2.45) is 0 Å². The number of rotatable bonds is 2. The molecule has 1 N–H and O–H groups in total. The van der Waals surface area contributed by atoms with Crippen molar-refractivity contribution in [2.45, 2.75) is 18.3 Å². The van der Waals surface area contributed by atoms with E-state index in [-0.39, 0.29) is 16.0 Å². The number of halogens is 2. The molecule has 1 heterocycles. The van der Waals surface area contributed by atoms with E-state index < -0.39 is 17.9 Å². The molecule has 1 aliphatic heterocycles. The molecule has 102 valence electrons. The van der Waals surface area contributed by atoms with E-state index in [0.29, 0.717) is 10.8 Å². The van der Waals surface area contributed by atoms with Gasteiger partial charge in [0.15, 0.2) is 0 Å². The van der Waals surface area contributed by atoms with E-state index in [1.807, 2.05) is 0 Å². The van der Waals surface area contributed by atoms with E-state index >= 15 is 0 Å². The predicted octanol–water partition coefficient (Wildman–Crippen LogP) is 2.98. The van der Waals surface area contributed by atoms with Gasteiger partial charge in [-0.05, 0) is 25.1 Å². The third kappa shape index (κ3) is 2.83. The molecule has 1 aromatic rings. The van der Waals surface area contributed by atoms with E-state index in [4.69, 9.17) is 28.3 Å². The smallest absolute Gasteiger partial charge is 0.327 e. The van der Waals surface area contributed by atoms with Crippen LogP contribution in [0, 0.1) is 0 Å². The first kappa shape index (κ1) is 14.5. The highest BCUT2D eigenvalue weighted by Crippen LogP contribution is 2.32. The number of amides is 1. The number of hydrogen-bond donors (Lipinski definition) is 1. The van der Waals surface area contributed by atoms with Gasteiger partial charge in [0.05, 0.1) is 16.0 Å². The van der Waals surface area contributed by atoms with Crippen LogP contribution in [0.15, 0.2) is 18.2 Å². The number of aliphatic carboxylic acids is 1. The Morgan fingerprint density at radius 1 is 1.42 bits per heavy atom. The molecule has 0 aliphatic carbocycles. The zero-order valence-corrected chi connectivity index (χ0v) is 12.3. The van der Waals surface area contributed by atoms with Gasteiger partial charge in [-0.25, -0.2) is 4.79 Å². The lowest BCUT2D eigenvalue weighted by Gasteiger charge is -2.25. The topological polar surface area (TPSA) is 57.6 Å². The Balaban J connectivity index is 2.37. The third-order valence-electron chi connectivity index (χ3n) is 2.90. The number of carboxylic acid groups (broad SMARTS) is 1. The van der Waals surface area contributed by atoms with Gasteiger partial charge in [-0.2, -0.15) is 0 Å². The van der Waals surface area contributed by atoms with Crippen LogP contribution in [0.3, 0.4) is 0 Å². The number of carboxylic acids is 1. The van der Waals surface area contributed by atoms with Crippen LogP contribution < -0.4 is 0 Å². The fourth-order valence-electron chi connectivity index (χ4n) is 1.94. The summed E-state index contributed by atoms with van der Waals surface area (Å²) in [5.41, 5.74) is 0.231. The average molecular weight is 320 g/mol. The van der Waals surface area contributed by atoms with Gasteiger partial charge in [-0.3, -0.25) is 4.79 Å². The summed E-state index contributed by atoms with van der Waals surface area (Å²) < 4.78 is 0. The predicted molar refractivity (Wildman–Crippen MR) is 76.0 cm³/mol. The molecule has 0 spiro atoms. The first-order valence-electron chi connectivity index (χ1n) is 5.54. The summed E-state index contributed by atoms with van der Waals surface area (Å²) in [7, 11) is 0. The molecule has 1 aliphatic rings. The van der Waals surface area contributed by atoms with Crippen LogP contribution in [0.25, 0.3) is 0 Å². The van der Waals surface area contributed by atoms with Crippen molar-refractivity contribution in [3.8, 4) is 0 Å². The van der Waals surface area contributed by atoms with Crippen molar-refractivity contribution >= 4 is 46.8 Å². The molecule has 1 fully saturated rings. The van der Waals surface area contributed by atoms with Gasteiger partial charge in [0, 0.05) is 10.8 Å². The first-order chi connectivity index (χ1) is 8.91. The monoisotopic (exact) mass is 319 g/mol. The molecule has 2 rings (SSSR count). The Hall–Kier alpha value is -0.910. The molecule has 2 unspecified atom stereocenters. The van der Waals surface area contributed by atoms with Crippen LogP contribution in [0.5, 0.6) is 0 Å². The van der Waals surface area contributed by atoms with E-state index in [2.05, 4.69) is 0 Å². The lowest BCUT2D eigenvalue weighted by atomic mass is 10.1. The lowest BCUT2D eigenvalue weighted by Crippen LogP contribution is -2.44. The number of benzene rings is 1. The fraction of sp³-hybridized carbons (Fsp3) is 0.333. The molecular formula is C12H11Cl2NO3S. The fourth-order valence-corrected chi connectivity index (χ4v) is 3.48. The summed E-state index contributed by atoms with van der Waals surface area (Å²) in [6.07, 6.45) is 0. The minimum atomic E-state index is -1.01. The van der Waals surface area contributed by atoms with E-state index in [0.717, 1.165) is 0 Å². The highest BCUT2D eigenvalue weighted by Gasteiger charge is 2.40. The largest absolute Gasteiger partial charge is 0.480 e. The Kier molecular flexibility index (Phi) is 4.28. The molecule has 0 radical (unpaired) electrons. The van der Waals surface area contributed by atoms with Gasteiger partial charge in [0.2, 0.25) is 0 Å². The maximum Gasteiger partial charge on any atom is 0.327 e. The van der Waals surface area contributed by atoms with Crippen LogP contribution in [0.2, 0.25) is 10.0 Å². The number of nitrogens with zero attached hydrogens (tertiary/aromatic N) is 1. The van der Waals surface area contributed by atoms with Crippen LogP contribution >= 0.6 is 35.0 Å². The molecule has 1 amide bonds. The average Bonchev–Trinajstić information content (AvgIpc) is 2.73. The van der Waals surface area contributed by atoms with Crippen LogP contribution in [0.1, 0.15) is 17.3 Å². The van der Waals surface area contributed by atoms with Crippen LogP contribution in [0.4, 0.5) is 0 Å². The first-order valence-corrected chi connectivity index (χ1v) is 7.34. The van der Waals surface area contributed by atoms with E-state index in [1.165, 1.54) is 28.8 Å². The molecule has 7 heteroatoms. The van der Waals surface area contributed by atoms with E-state index in [1.54, 1.807) is 13.0 Å².